The molecule has 0 saturated heterocycles. The van der Waals surface area contributed by atoms with Gasteiger partial charge in [0.1, 0.15) is 11.7 Å². The fraction of sp³-hybridized carbons (Fsp3) is 0.364. The number of anilines is 1. The molecular formula is C22H22F3N7O. The first kappa shape index (κ1) is 21.2. The summed E-state index contributed by atoms with van der Waals surface area (Å²) >= 11 is 0. The molecule has 1 aliphatic carbocycles. The number of rotatable bonds is 6. The Morgan fingerprint density at radius 3 is 2.85 bits per heavy atom. The van der Waals surface area contributed by atoms with Gasteiger partial charge in [-0.3, -0.25) is 4.79 Å². The van der Waals surface area contributed by atoms with E-state index in [1.54, 1.807) is 24.7 Å². The maximum absolute atomic E-state index is 12.8. The molecule has 1 aliphatic rings. The molecule has 0 aliphatic heterocycles. The number of hydrogen-bond acceptors (Lipinski definition) is 5. The van der Waals surface area contributed by atoms with E-state index in [1.807, 2.05) is 11.4 Å². The van der Waals surface area contributed by atoms with Crippen LogP contribution in [0.15, 0.2) is 36.9 Å². The lowest BCUT2D eigenvalue weighted by Crippen LogP contribution is -2.43. The number of fused-ring (bicyclic) bond motifs is 2. The summed E-state index contributed by atoms with van der Waals surface area (Å²) in [6, 6.07) is 1.55. The van der Waals surface area contributed by atoms with Crippen molar-refractivity contribution in [3.63, 3.8) is 0 Å². The molecule has 4 aromatic rings. The van der Waals surface area contributed by atoms with Gasteiger partial charge in [-0.25, -0.2) is 9.50 Å². The van der Waals surface area contributed by atoms with Crippen molar-refractivity contribution in [3.8, 4) is 11.1 Å². The summed E-state index contributed by atoms with van der Waals surface area (Å²) < 4.78 is 40.0. The maximum atomic E-state index is 12.8. The number of alkyl halides is 3. The zero-order chi connectivity index (χ0) is 23.4. The van der Waals surface area contributed by atoms with Crippen LogP contribution in [-0.2, 0) is 0 Å². The van der Waals surface area contributed by atoms with Crippen molar-refractivity contribution in [3.05, 3.63) is 42.5 Å². The largest absolute Gasteiger partial charge is 0.408 e. The Morgan fingerprint density at radius 2 is 2.12 bits per heavy atom. The molecule has 5 rings (SSSR count). The molecule has 8 nitrogen and oxygen atoms in total. The predicted molar refractivity (Wildman–Crippen MR) is 117 cm³/mol. The lowest BCUT2D eigenvalue weighted by Gasteiger charge is -2.16. The first-order chi connectivity index (χ1) is 15.6. The molecule has 4 aromatic heterocycles. The fourth-order valence-corrected chi connectivity index (χ4v) is 3.59. The van der Waals surface area contributed by atoms with Crippen LogP contribution in [0.25, 0.3) is 27.7 Å². The van der Waals surface area contributed by atoms with Crippen molar-refractivity contribution in [1.29, 1.82) is 0 Å². The van der Waals surface area contributed by atoms with Gasteiger partial charge in [-0.05, 0) is 42.9 Å². The minimum atomic E-state index is -4.53. The highest BCUT2D eigenvalue weighted by Gasteiger charge is 2.38. The predicted octanol–water partition coefficient (Wildman–Crippen LogP) is 4.17. The first-order valence-electron chi connectivity index (χ1n) is 10.6. The number of carbonyl (C=O) groups is 1. The summed E-state index contributed by atoms with van der Waals surface area (Å²) in [5.41, 5.74) is 3.00. The minimum Gasteiger partial charge on any atom is -0.354 e. The van der Waals surface area contributed by atoms with Crippen LogP contribution in [0.2, 0.25) is 0 Å². The lowest BCUT2D eigenvalue weighted by atomic mass is 10.1. The number of halogens is 3. The number of pyridine rings is 1. The summed E-state index contributed by atoms with van der Waals surface area (Å²) in [5.74, 6) is -0.290. The Morgan fingerprint density at radius 1 is 1.33 bits per heavy atom. The van der Waals surface area contributed by atoms with E-state index >= 15 is 0 Å². The van der Waals surface area contributed by atoms with E-state index in [-0.39, 0.29) is 5.56 Å². The van der Waals surface area contributed by atoms with Gasteiger partial charge in [0.2, 0.25) is 5.95 Å². The van der Waals surface area contributed by atoms with E-state index in [2.05, 4.69) is 32.3 Å². The van der Waals surface area contributed by atoms with E-state index in [0.717, 1.165) is 30.0 Å². The number of H-pyrrole nitrogens is 1. The summed E-state index contributed by atoms with van der Waals surface area (Å²) in [5, 5.41) is 10.1. The summed E-state index contributed by atoms with van der Waals surface area (Å²) in [7, 11) is 0. The number of aromatic amines is 1. The van der Waals surface area contributed by atoms with Crippen molar-refractivity contribution in [2.24, 2.45) is 5.41 Å². The molecule has 0 spiro atoms. The monoisotopic (exact) mass is 457 g/mol. The van der Waals surface area contributed by atoms with Crippen molar-refractivity contribution < 1.29 is 18.0 Å². The Hall–Kier alpha value is -3.63. The molecule has 172 valence electrons. The highest BCUT2D eigenvalue weighted by atomic mass is 19.4. The molecule has 0 radical (unpaired) electrons. The molecule has 11 heteroatoms. The van der Waals surface area contributed by atoms with E-state index in [0.29, 0.717) is 22.5 Å². The lowest BCUT2D eigenvalue weighted by molar-refractivity contribution is -0.149. The average Bonchev–Trinajstić information content (AvgIpc) is 3.18. The normalized spacial score (nSPS) is 16.2. The third kappa shape index (κ3) is 4.10. The van der Waals surface area contributed by atoms with Crippen LogP contribution in [0.5, 0.6) is 0 Å². The molecule has 1 saturated carbocycles. The Labute approximate surface area is 186 Å². The zero-order valence-corrected chi connectivity index (χ0v) is 18.0. The minimum absolute atomic E-state index is 0.0594. The van der Waals surface area contributed by atoms with Crippen LogP contribution in [-0.4, -0.2) is 49.2 Å². The summed E-state index contributed by atoms with van der Waals surface area (Å²) in [4.78, 5) is 24.6. The molecule has 1 fully saturated rings. The molecule has 1 amide bonds. The molecule has 3 N–H and O–H groups in total. The second-order valence-corrected chi connectivity index (χ2v) is 8.86. The molecule has 0 bridgehead atoms. The van der Waals surface area contributed by atoms with Crippen LogP contribution in [0.1, 0.15) is 37.0 Å². The third-order valence-electron chi connectivity index (χ3n) is 6.12. The second kappa shape index (κ2) is 7.46. The van der Waals surface area contributed by atoms with Crippen molar-refractivity contribution >= 4 is 28.4 Å². The van der Waals surface area contributed by atoms with Gasteiger partial charge in [0.15, 0.2) is 0 Å². The Bertz CT molecular complexity index is 1350. The number of nitrogens with zero attached hydrogens (tertiary/aromatic N) is 4. The maximum Gasteiger partial charge on any atom is 0.408 e. The van der Waals surface area contributed by atoms with Crippen LogP contribution in [0.3, 0.4) is 0 Å². The van der Waals surface area contributed by atoms with Gasteiger partial charge in [0.05, 0.1) is 17.3 Å². The number of hydrogen-bond donors (Lipinski definition) is 3. The standard InChI is InChI=1S/C22H22F3N7O/c1-12(22(23,24)25)30-19(33)16-10-29-32-6-3-13(7-17(16)32)14-8-26-18-15(14)9-27-20(31-18)28-11-21(2)4-5-21/h3,6-10,12H,4-5,11H2,1-2H3,(H,30,33)(H2,26,27,28,31). The van der Waals surface area contributed by atoms with Crippen molar-refractivity contribution in [2.75, 3.05) is 11.9 Å². The van der Waals surface area contributed by atoms with Crippen molar-refractivity contribution in [2.45, 2.75) is 38.9 Å². The topological polar surface area (TPSA) is 100 Å². The molecular weight excluding hydrogens is 435 g/mol. The number of aromatic nitrogens is 5. The van der Waals surface area contributed by atoms with E-state index in [1.165, 1.54) is 23.6 Å². The molecule has 1 atom stereocenters. The van der Waals surface area contributed by atoms with E-state index in [4.69, 9.17) is 0 Å². The molecule has 33 heavy (non-hydrogen) atoms. The summed E-state index contributed by atoms with van der Waals surface area (Å²) in [6.45, 7) is 3.94. The average molecular weight is 457 g/mol. The van der Waals surface area contributed by atoms with Gasteiger partial charge in [-0.1, -0.05) is 6.92 Å². The van der Waals surface area contributed by atoms with Crippen LogP contribution in [0, 0.1) is 5.41 Å². The smallest absolute Gasteiger partial charge is 0.354 e. The van der Waals surface area contributed by atoms with E-state index in [9.17, 15) is 18.0 Å². The van der Waals surface area contributed by atoms with Crippen molar-refractivity contribution in [1.82, 2.24) is 29.9 Å². The Kier molecular flexibility index (Phi) is 4.80. The Balaban J connectivity index is 1.43. The van der Waals surface area contributed by atoms with Gasteiger partial charge in [-0.15, -0.1) is 0 Å². The van der Waals surface area contributed by atoms with Gasteiger partial charge >= 0.3 is 6.18 Å². The van der Waals surface area contributed by atoms with Gasteiger partial charge in [0, 0.05) is 36.1 Å². The fourth-order valence-electron chi connectivity index (χ4n) is 3.59. The number of carbonyl (C=O) groups excluding carboxylic acids is 1. The van der Waals surface area contributed by atoms with Gasteiger partial charge in [-0.2, -0.15) is 23.3 Å². The highest BCUT2D eigenvalue weighted by Crippen LogP contribution is 2.44. The highest BCUT2D eigenvalue weighted by molar-refractivity contribution is 6.02. The van der Waals surface area contributed by atoms with Crippen LogP contribution in [0.4, 0.5) is 19.1 Å². The van der Waals surface area contributed by atoms with E-state index < -0.39 is 18.1 Å². The first-order valence-corrected chi connectivity index (χ1v) is 10.6. The third-order valence-corrected chi connectivity index (χ3v) is 6.12. The summed E-state index contributed by atoms with van der Waals surface area (Å²) in [6.07, 6.45) is 4.29. The molecule has 1 unspecified atom stereocenters. The van der Waals surface area contributed by atoms with Gasteiger partial charge < -0.3 is 15.6 Å². The zero-order valence-electron chi connectivity index (χ0n) is 18.0. The molecule has 0 aromatic carbocycles. The van der Waals surface area contributed by atoms with Crippen LogP contribution >= 0.6 is 0 Å². The SMILES string of the molecule is CC(NC(=O)c1cnn2ccc(-c3c[nH]c4nc(NCC5(C)CC5)ncc34)cc12)C(F)(F)F. The molecule has 4 heterocycles. The second-order valence-electron chi connectivity index (χ2n) is 8.86. The number of nitrogens with one attached hydrogen (secondary N) is 3. The quantitative estimate of drug-likeness (QED) is 0.404. The number of amides is 1. The van der Waals surface area contributed by atoms with Crippen LogP contribution < -0.4 is 10.6 Å². The van der Waals surface area contributed by atoms with Gasteiger partial charge in [0.25, 0.3) is 5.91 Å².